The van der Waals surface area contributed by atoms with E-state index in [2.05, 4.69) is 0 Å². The predicted octanol–water partition coefficient (Wildman–Crippen LogP) is -0.375. The van der Waals surface area contributed by atoms with Gasteiger partial charge in [-0.05, 0) is 13.0 Å². The van der Waals surface area contributed by atoms with Crippen molar-refractivity contribution in [3.8, 4) is 0 Å². The van der Waals surface area contributed by atoms with Gasteiger partial charge < -0.3 is 10.8 Å². The maximum Gasteiger partial charge on any atom is 0.372 e. The van der Waals surface area contributed by atoms with Crippen LogP contribution in [0, 0.1) is 5.92 Å². The number of carboxylic acids is 1. The lowest BCUT2D eigenvalue weighted by Gasteiger charge is -2.02. The molecule has 0 aromatic heterocycles. The summed E-state index contributed by atoms with van der Waals surface area (Å²) >= 11 is 0. The molecular weight excluding hydrogens is 134 g/mol. The lowest BCUT2D eigenvalue weighted by atomic mass is 10.0. The molecule has 0 spiro atoms. The number of Topliss-reactive ketones (excluding diaryl/α,β-unsaturated/α-hetero) is 1. The van der Waals surface area contributed by atoms with E-state index in [-0.39, 0.29) is 0 Å². The molecule has 58 valence electrons. The van der Waals surface area contributed by atoms with Crippen molar-refractivity contribution in [2.24, 2.45) is 11.7 Å². The Hall–Kier alpha value is -0.900. The minimum atomic E-state index is -1.37. The van der Waals surface area contributed by atoms with Gasteiger partial charge in [-0.2, -0.15) is 0 Å². The minimum Gasteiger partial charge on any atom is -0.475 e. The Morgan fingerprint density at radius 2 is 2.10 bits per heavy atom. The van der Waals surface area contributed by atoms with Crippen LogP contribution in [0.4, 0.5) is 0 Å². The fourth-order valence-corrected chi connectivity index (χ4v) is 0.592. The van der Waals surface area contributed by atoms with E-state index >= 15 is 0 Å². The van der Waals surface area contributed by atoms with Crippen LogP contribution in [0.5, 0.6) is 0 Å². The molecular formula is C6H11NO3. The minimum absolute atomic E-state index is 0.347. The van der Waals surface area contributed by atoms with Crippen molar-refractivity contribution in [1.29, 1.82) is 0 Å². The summed E-state index contributed by atoms with van der Waals surface area (Å²) < 4.78 is 0. The third-order valence-corrected chi connectivity index (χ3v) is 1.26. The molecule has 0 saturated carbocycles. The molecule has 0 aliphatic rings. The Morgan fingerprint density at radius 3 is 2.40 bits per heavy atom. The van der Waals surface area contributed by atoms with Gasteiger partial charge in [0.2, 0.25) is 5.78 Å². The molecule has 1 unspecified atom stereocenters. The molecule has 4 nitrogen and oxygen atoms in total. The number of nitrogens with two attached hydrogens (primary N) is 1. The molecule has 0 saturated heterocycles. The number of carbonyl (C=O) groups excluding carboxylic acids is 1. The van der Waals surface area contributed by atoms with Gasteiger partial charge >= 0.3 is 5.97 Å². The van der Waals surface area contributed by atoms with Crippen LogP contribution < -0.4 is 5.73 Å². The first-order valence-electron chi connectivity index (χ1n) is 3.06. The molecule has 0 amide bonds. The number of ketones is 1. The van der Waals surface area contributed by atoms with Crippen molar-refractivity contribution < 1.29 is 14.7 Å². The number of aliphatic carboxylic acids is 1. The van der Waals surface area contributed by atoms with Crippen molar-refractivity contribution in [3.63, 3.8) is 0 Å². The van der Waals surface area contributed by atoms with E-state index in [4.69, 9.17) is 10.8 Å². The van der Waals surface area contributed by atoms with Gasteiger partial charge in [0.1, 0.15) is 0 Å². The van der Waals surface area contributed by atoms with Crippen LogP contribution in [-0.4, -0.2) is 23.4 Å². The van der Waals surface area contributed by atoms with Crippen LogP contribution in [0.25, 0.3) is 0 Å². The van der Waals surface area contributed by atoms with E-state index in [0.717, 1.165) is 0 Å². The number of rotatable bonds is 4. The maximum atomic E-state index is 10.6. The van der Waals surface area contributed by atoms with Gasteiger partial charge in [0.15, 0.2) is 0 Å². The highest BCUT2D eigenvalue weighted by Gasteiger charge is 2.18. The average Bonchev–Trinajstić information content (AvgIpc) is 1.87. The van der Waals surface area contributed by atoms with Crippen LogP contribution in [0.1, 0.15) is 13.3 Å². The molecule has 0 aliphatic heterocycles. The van der Waals surface area contributed by atoms with Gasteiger partial charge in [-0.25, -0.2) is 4.79 Å². The zero-order valence-corrected chi connectivity index (χ0v) is 5.83. The van der Waals surface area contributed by atoms with E-state index in [1.165, 1.54) is 0 Å². The van der Waals surface area contributed by atoms with Crippen molar-refractivity contribution in [3.05, 3.63) is 0 Å². The number of carboxylic acid groups (broad SMARTS) is 1. The standard InChI is InChI=1S/C6H11NO3/c1-4(2-3-7)5(8)6(9)10/h4H,2-3,7H2,1H3,(H,9,10). The summed E-state index contributed by atoms with van der Waals surface area (Å²) in [5.41, 5.74) is 5.12. The second kappa shape index (κ2) is 4.00. The van der Waals surface area contributed by atoms with Crippen molar-refractivity contribution in [2.45, 2.75) is 13.3 Å². The van der Waals surface area contributed by atoms with Crippen LogP contribution in [0.15, 0.2) is 0 Å². The second-order valence-electron chi connectivity index (χ2n) is 2.15. The molecule has 0 fully saturated rings. The fraction of sp³-hybridized carbons (Fsp3) is 0.667. The Kier molecular flexibility index (Phi) is 3.64. The smallest absolute Gasteiger partial charge is 0.372 e. The average molecular weight is 145 g/mol. The summed E-state index contributed by atoms with van der Waals surface area (Å²) in [6, 6.07) is 0. The first-order chi connectivity index (χ1) is 4.59. The van der Waals surface area contributed by atoms with Gasteiger partial charge in [-0.3, -0.25) is 4.79 Å². The van der Waals surface area contributed by atoms with Gasteiger partial charge in [-0.15, -0.1) is 0 Å². The largest absolute Gasteiger partial charge is 0.475 e. The number of carbonyl (C=O) groups is 2. The third-order valence-electron chi connectivity index (χ3n) is 1.26. The van der Waals surface area contributed by atoms with Crippen molar-refractivity contribution >= 4 is 11.8 Å². The van der Waals surface area contributed by atoms with Gasteiger partial charge in [0, 0.05) is 5.92 Å². The van der Waals surface area contributed by atoms with Crippen molar-refractivity contribution in [1.82, 2.24) is 0 Å². The van der Waals surface area contributed by atoms with Crippen LogP contribution in [0.3, 0.4) is 0 Å². The molecule has 0 rings (SSSR count). The quantitative estimate of drug-likeness (QED) is 0.528. The Bertz CT molecular complexity index is 144. The summed E-state index contributed by atoms with van der Waals surface area (Å²) in [6.45, 7) is 1.91. The van der Waals surface area contributed by atoms with E-state index in [9.17, 15) is 9.59 Å². The zero-order chi connectivity index (χ0) is 8.15. The molecule has 0 aromatic rings. The molecule has 1 atom stereocenters. The van der Waals surface area contributed by atoms with E-state index in [0.29, 0.717) is 13.0 Å². The summed E-state index contributed by atoms with van der Waals surface area (Å²) in [7, 11) is 0. The van der Waals surface area contributed by atoms with E-state index < -0.39 is 17.7 Å². The van der Waals surface area contributed by atoms with Crippen LogP contribution in [-0.2, 0) is 9.59 Å². The monoisotopic (exact) mass is 145 g/mol. The van der Waals surface area contributed by atoms with Gasteiger partial charge in [-0.1, -0.05) is 6.92 Å². The lowest BCUT2D eigenvalue weighted by Crippen LogP contribution is -2.23. The van der Waals surface area contributed by atoms with Crippen LogP contribution in [0.2, 0.25) is 0 Å². The Labute approximate surface area is 59.0 Å². The SMILES string of the molecule is CC(CCN)C(=O)C(=O)O. The lowest BCUT2D eigenvalue weighted by molar-refractivity contribution is -0.150. The van der Waals surface area contributed by atoms with E-state index in [1.807, 2.05) is 0 Å². The topological polar surface area (TPSA) is 80.4 Å². The molecule has 0 heterocycles. The highest BCUT2D eigenvalue weighted by molar-refractivity contribution is 6.33. The molecule has 0 aromatic carbocycles. The Balaban J connectivity index is 3.82. The van der Waals surface area contributed by atoms with E-state index in [1.54, 1.807) is 6.92 Å². The molecule has 3 N–H and O–H groups in total. The predicted molar refractivity (Wildman–Crippen MR) is 35.5 cm³/mol. The molecule has 0 aliphatic carbocycles. The summed E-state index contributed by atoms with van der Waals surface area (Å²) in [5, 5.41) is 8.19. The summed E-state index contributed by atoms with van der Waals surface area (Å²) in [4.78, 5) is 20.6. The van der Waals surface area contributed by atoms with Gasteiger partial charge in [0.05, 0.1) is 0 Å². The highest BCUT2D eigenvalue weighted by atomic mass is 16.4. The molecule has 10 heavy (non-hydrogen) atoms. The highest BCUT2D eigenvalue weighted by Crippen LogP contribution is 2.00. The molecule has 4 heteroatoms. The first kappa shape index (κ1) is 9.10. The third kappa shape index (κ3) is 2.59. The normalized spacial score (nSPS) is 12.6. The second-order valence-corrected chi connectivity index (χ2v) is 2.15. The molecule has 0 radical (unpaired) electrons. The Morgan fingerprint density at radius 1 is 1.60 bits per heavy atom. The summed E-state index contributed by atoms with van der Waals surface area (Å²) in [6.07, 6.45) is 0.436. The first-order valence-corrected chi connectivity index (χ1v) is 3.06. The fourth-order valence-electron chi connectivity index (χ4n) is 0.592. The van der Waals surface area contributed by atoms with Crippen LogP contribution >= 0.6 is 0 Å². The molecule has 0 bridgehead atoms. The number of hydrogen-bond donors (Lipinski definition) is 2. The van der Waals surface area contributed by atoms with Gasteiger partial charge in [0.25, 0.3) is 0 Å². The summed E-state index contributed by atoms with van der Waals surface area (Å²) in [5.74, 6) is -2.59. The maximum absolute atomic E-state index is 10.6. The van der Waals surface area contributed by atoms with Crippen molar-refractivity contribution in [2.75, 3.05) is 6.54 Å². The zero-order valence-electron chi connectivity index (χ0n) is 5.83. The number of hydrogen-bond acceptors (Lipinski definition) is 3.